The van der Waals surface area contributed by atoms with Crippen LogP contribution in [0.15, 0.2) is 23.4 Å². The minimum atomic E-state index is 0.150. The number of hydrogen-bond acceptors (Lipinski definition) is 3. The monoisotopic (exact) mass is 249 g/mol. The molecule has 1 aromatic rings. The van der Waals surface area contributed by atoms with Gasteiger partial charge >= 0.3 is 0 Å². The molecular weight excluding hydrogens is 226 g/mol. The summed E-state index contributed by atoms with van der Waals surface area (Å²) >= 11 is 0. The van der Waals surface area contributed by atoms with Crippen LogP contribution in [0.2, 0.25) is 0 Å². The predicted molar refractivity (Wildman–Crippen MR) is 76.4 cm³/mol. The second-order valence-electron chi connectivity index (χ2n) is 5.10. The van der Waals surface area contributed by atoms with Crippen molar-refractivity contribution in [3.8, 4) is 0 Å². The number of anilines is 1. The molecule has 1 aromatic carbocycles. The minimum absolute atomic E-state index is 0.150. The van der Waals surface area contributed by atoms with Crippen molar-refractivity contribution in [1.82, 2.24) is 0 Å². The number of aryl methyl sites for hydroxylation is 1. The molecule has 0 aromatic heterocycles. The Morgan fingerprint density at radius 1 is 1.33 bits per heavy atom. The van der Waals surface area contributed by atoms with Crippen molar-refractivity contribution >= 4 is 11.5 Å². The summed E-state index contributed by atoms with van der Waals surface area (Å²) in [6.07, 6.45) is 0. The molecule has 1 unspecified atom stereocenters. The van der Waals surface area contributed by atoms with Crippen LogP contribution in [-0.2, 0) is 0 Å². The smallest absolute Gasteiger partial charge is 0.172 e. The number of amidine groups is 1. The molecule has 0 aliphatic rings. The highest BCUT2D eigenvalue weighted by Gasteiger charge is 2.18. The Kier molecular flexibility index (Phi) is 4.59. The van der Waals surface area contributed by atoms with Crippen LogP contribution < -0.4 is 10.6 Å². The molecule has 0 saturated carbocycles. The summed E-state index contributed by atoms with van der Waals surface area (Å²) in [5.41, 5.74) is 8.59. The third-order valence-electron chi connectivity index (χ3n) is 3.49. The first-order valence-corrected chi connectivity index (χ1v) is 6.19. The number of hydrogen-bond donors (Lipinski definition) is 2. The highest BCUT2D eigenvalue weighted by Crippen LogP contribution is 2.24. The zero-order chi connectivity index (χ0) is 13.9. The van der Waals surface area contributed by atoms with Crippen molar-refractivity contribution in [2.45, 2.75) is 33.7 Å². The van der Waals surface area contributed by atoms with Crippen molar-refractivity contribution in [3.05, 3.63) is 29.3 Å². The van der Waals surface area contributed by atoms with Crippen molar-refractivity contribution < 1.29 is 5.21 Å². The molecule has 0 spiro atoms. The molecule has 0 heterocycles. The Bertz CT molecular complexity index is 441. The van der Waals surface area contributed by atoms with E-state index < -0.39 is 0 Å². The van der Waals surface area contributed by atoms with E-state index in [2.05, 4.69) is 30.8 Å². The first kappa shape index (κ1) is 14.4. The topological polar surface area (TPSA) is 61.8 Å². The van der Waals surface area contributed by atoms with Gasteiger partial charge in [-0.3, -0.25) is 0 Å². The van der Waals surface area contributed by atoms with Crippen LogP contribution in [0.4, 0.5) is 5.69 Å². The SMILES string of the molecule is Cc1ccc(N(C)C(C)C(C)C)c(/C(N)=N/O)c1. The second-order valence-corrected chi connectivity index (χ2v) is 5.10. The van der Waals surface area contributed by atoms with Gasteiger partial charge < -0.3 is 15.8 Å². The maximum Gasteiger partial charge on any atom is 0.172 e. The summed E-state index contributed by atoms with van der Waals surface area (Å²) in [6, 6.07) is 6.36. The summed E-state index contributed by atoms with van der Waals surface area (Å²) in [7, 11) is 2.03. The predicted octanol–water partition coefficient (Wildman–Crippen LogP) is 2.57. The maximum absolute atomic E-state index is 8.88. The standard InChI is InChI=1S/C14H23N3O/c1-9(2)11(4)17(5)13-7-6-10(3)8-12(13)14(15)16-18/h6-9,11,18H,1-5H3,(H2,15,16). The van der Waals surface area contributed by atoms with Gasteiger partial charge in [-0.25, -0.2) is 0 Å². The molecule has 3 N–H and O–H groups in total. The second kappa shape index (κ2) is 5.76. The summed E-state index contributed by atoms with van der Waals surface area (Å²) in [6.45, 7) is 8.52. The molecule has 1 atom stereocenters. The van der Waals surface area contributed by atoms with Gasteiger partial charge in [0.05, 0.1) is 0 Å². The fraction of sp³-hybridized carbons (Fsp3) is 0.500. The lowest BCUT2D eigenvalue weighted by molar-refractivity contribution is 0.318. The van der Waals surface area contributed by atoms with Crippen LogP contribution in [0.3, 0.4) is 0 Å². The molecule has 0 radical (unpaired) electrons. The number of nitrogens with two attached hydrogens (primary N) is 1. The molecule has 0 amide bonds. The molecule has 4 nitrogen and oxygen atoms in total. The van der Waals surface area contributed by atoms with Crippen molar-refractivity contribution in [2.24, 2.45) is 16.8 Å². The molecule has 18 heavy (non-hydrogen) atoms. The van der Waals surface area contributed by atoms with Crippen LogP contribution in [0.25, 0.3) is 0 Å². The molecule has 100 valence electrons. The molecule has 0 saturated heterocycles. The van der Waals surface area contributed by atoms with E-state index in [0.717, 1.165) is 16.8 Å². The van der Waals surface area contributed by atoms with Crippen LogP contribution in [0, 0.1) is 12.8 Å². The fourth-order valence-corrected chi connectivity index (χ4v) is 1.88. The van der Waals surface area contributed by atoms with E-state index in [-0.39, 0.29) is 5.84 Å². The average Bonchev–Trinajstić information content (AvgIpc) is 2.35. The summed E-state index contributed by atoms with van der Waals surface area (Å²) < 4.78 is 0. The lowest BCUT2D eigenvalue weighted by atomic mass is 10.0. The van der Waals surface area contributed by atoms with Gasteiger partial charge in [-0.2, -0.15) is 0 Å². The average molecular weight is 249 g/mol. The highest BCUT2D eigenvalue weighted by atomic mass is 16.4. The number of oxime groups is 1. The molecule has 1 rings (SSSR count). The zero-order valence-electron chi connectivity index (χ0n) is 11.8. The third kappa shape index (κ3) is 2.94. The Morgan fingerprint density at radius 2 is 1.94 bits per heavy atom. The van der Waals surface area contributed by atoms with Gasteiger partial charge in [0, 0.05) is 24.3 Å². The maximum atomic E-state index is 8.88. The summed E-state index contributed by atoms with van der Waals surface area (Å²) in [5.74, 6) is 0.674. The molecule has 0 bridgehead atoms. The van der Waals surface area contributed by atoms with Crippen LogP contribution in [-0.4, -0.2) is 24.1 Å². The first-order chi connectivity index (χ1) is 8.38. The Balaban J connectivity index is 3.23. The fourth-order valence-electron chi connectivity index (χ4n) is 1.88. The first-order valence-electron chi connectivity index (χ1n) is 6.19. The van der Waals surface area contributed by atoms with Crippen LogP contribution >= 0.6 is 0 Å². The van der Waals surface area contributed by atoms with Gasteiger partial charge in [0.25, 0.3) is 0 Å². The van der Waals surface area contributed by atoms with Crippen LogP contribution in [0.1, 0.15) is 31.9 Å². The zero-order valence-corrected chi connectivity index (χ0v) is 11.8. The number of nitrogens with zero attached hydrogens (tertiary/aromatic N) is 2. The van der Waals surface area contributed by atoms with E-state index >= 15 is 0 Å². The van der Waals surface area contributed by atoms with Gasteiger partial charge in [-0.15, -0.1) is 0 Å². The molecule has 0 aliphatic heterocycles. The Hall–Kier alpha value is -1.71. The summed E-state index contributed by atoms with van der Waals surface area (Å²) in [4.78, 5) is 2.16. The van der Waals surface area contributed by atoms with E-state index in [4.69, 9.17) is 10.9 Å². The lowest BCUT2D eigenvalue weighted by Gasteiger charge is -2.31. The molecule has 0 aliphatic carbocycles. The van der Waals surface area contributed by atoms with Crippen LogP contribution in [0.5, 0.6) is 0 Å². The van der Waals surface area contributed by atoms with Gasteiger partial charge in [0.15, 0.2) is 5.84 Å². The Labute approximate surface area is 109 Å². The molecule has 4 heteroatoms. The van der Waals surface area contributed by atoms with E-state index in [1.807, 2.05) is 32.2 Å². The largest absolute Gasteiger partial charge is 0.409 e. The minimum Gasteiger partial charge on any atom is -0.409 e. The molecular formula is C14H23N3O. The van der Waals surface area contributed by atoms with Gasteiger partial charge in [-0.1, -0.05) is 30.6 Å². The van der Waals surface area contributed by atoms with Gasteiger partial charge in [0.2, 0.25) is 0 Å². The van der Waals surface area contributed by atoms with Gasteiger partial charge in [0.1, 0.15) is 0 Å². The van der Waals surface area contributed by atoms with E-state index in [1.54, 1.807) is 0 Å². The lowest BCUT2D eigenvalue weighted by Crippen LogP contribution is -2.34. The van der Waals surface area contributed by atoms with E-state index in [0.29, 0.717) is 12.0 Å². The quantitative estimate of drug-likeness (QED) is 0.373. The van der Waals surface area contributed by atoms with E-state index in [1.165, 1.54) is 0 Å². The van der Waals surface area contributed by atoms with Crippen molar-refractivity contribution in [1.29, 1.82) is 0 Å². The molecule has 0 fully saturated rings. The van der Waals surface area contributed by atoms with Crippen molar-refractivity contribution in [3.63, 3.8) is 0 Å². The Morgan fingerprint density at radius 3 is 2.44 bits per heavy atom. The third-order valence-corrected chi connectivity index (χ3v) is 3.49. The number of benzene rings is 1. The highest BCUT2D eigenvalue weighted by molar-refractivity contribution is 6.02. The number of rotatable bonds is 4. The summed E-state index contributed by atoms with van der Waals surface area (Å²) in [5, 5.41) is 12.0. The van der Waals surface area contributed by atoms with Crippen molar-refractivity contribution in [2.75, 3.05) is 11.9 Å². The van der Waals surface area contributed by atoms with E-state index in [9.17, 15) is 0 Å². The normalized spacial score (nSPS) is 13.8. The van der Waals surface area contributed by atoms with Gasteiger partial charge in [-0.05, 0) is 31.9 Å².